The van der Waals surface area contributed by atoms with Crippen molar-refractivity contribution in [3.8, 4) is 0 Å². The summed E-state index contributed by atoms with van der Waals surface area (Å²) in [5.74, 6) is 0.774. The van der Waals surface area contributed by atoms with Gasteiger partial charge in [-0.15, -0.1) is 0 Å². The second-order valence-electron chi connectivity index (χ2n) is 5.74. The predicted octanol–water partition coefficient (Wildman–Crippen LogP) is 2.75. The largest absolute Gasteiger partial charge is 0.385 e. The number of likely N-dealkylation sites (N-methyl/N-ethyl adjacent to an activating group) is 1. The molecule has 1 aliphatic heterocycles. The molecule has 0 bridgehead atoms. The maximum Gasteiger partial charge on any atom is 0.251 e. The molecule has 1 rings (SSSR count). The highest BCUT2D eigenvalue weighted by Crippen LogP contribution is 2.28. The Morgan fingerprint density at radius 3 is 2.78 bits per heavy atom. The number of aliphatic imine (C=N–C) groups is 1. The minimum Gasteiger partial charge on any atom is -0.385 e. The molecule has 0 aromatic carbocycles. The van der Waals surface area contributed by atoms with Crippen LogP contribution in [0.4, 0.5) is 0 Å². The lowest BCUT2D eigenvalue weighted by atomic mass is 9.88. The Balaban J connectivity index is 3.30. The molecule has 5 nitrogen and oxygen atoms in total. The zero-order valence-electron chi connectivity index (χ0n) is 14.6. The lowest BCUT2D eigenvalue weighted by Gasteiger charge is -2.25. The van der Waals surface area contributed by atoms with E-state index in [2.05, 4.69) is 42.1 Å². The maximum absolute atomic E-state index is 12.4. The number of allylic oxidation sites excluding steroid dienone is 4. The first kappa shape index (κ1) is 18.7. The standard InChI is InChI=1S/C18H28N4O/c1-6-8-12(3)10-14-11-13(4)21-17(16(14)18(23)20-5)22-15(19)9-7-2/h7,9-10,14,22H,2,6,8,11,19H2,1,3-5H3,(H,20,23)/b12-10+,15-9+. The Kier molecular flexibility index (Phi) is 7.32. The molecule has 0 fully saturated rings. The number of carbonyl (C=O) groups excluding carboxylic acids is 1. The van der Waals surface area contributed by atoms with Crippen molar-refractivity contribution in [3.05, 3.63) is 47.6 Å². The van der Waals surface area contributed by atoms with Crippen molar-refractivity contribution >= 4 is 11.6 Å². The third-order valence-corrected chi connectivity index (χ3v) is 3.61. The van der Waals surface area contributed by atoms with Gasteiger partial charge in [0.2, 0.25) is 0 Å². The van der Waals surface area contributed by atoms with E-state index in [1.165, 1.54) is 5.57 Å². The van der Waals surface area contributed by atoms with Crippen molar-refractivity contribution in [1.82, 2.24) is 10.6 Å². The number of hydrogen-bond donors (Lipinski definition) is 3. The molecule has 1 aliphatic rings. The third-order valence-electron chi connectivity index (χ3n) is 3.61. The highest BCUT2D eigenvalue weighted by molar-refractivity contribution is 5.98. The molecule has 5 heteroatoms. The Hall–Kier alpha value is -2.30. The van der Waals surface area contributed by atoms with E-state index in [9.17, 15) is 4.79 Å². The van der Waals surface area contributed by atoms with E-state index in [-0.39, 0.29) is 11.8 Å². The van der Waals surface area contributed by atoms with Crippen LogP contribution in [0, 0.1) is 5.92 Å². The maximum atomic E-state index is 12.4. The molecule has 23 heavy (non-hydrogen) atoms. The van der Waals surface area contributed by atoms with Crippen LogP contribution in [-0.2, 0) is 4.79 Å². The zero-order chi connectivity index (χ0) is 17.4. The molecule has 126 valence electrons. The summed E-state index contributed by atoms with van der Waals surface area (Å²) in [6.45, 7) is 9.83. The Bertz CT molecular complexity index is 582. The van der Waals surface area contributed by atoms with Crippen molar-refractivity contribution < 1.29 is 4.79 Å². The zero-order valence-corrected chi connectivity index (χ0v) is 14.6. The van der Waals surface area contributed by atoms with Gasteiger partial charge in [0.15, 0.2) is 0 Å². The van der Waals surface area contributed by atoms with Gasteiger partial charge < -0.3 is 16.4 Å². The fraction of sp³-hybridized carbons (Fsp3) is 0.444. The number of carbonyl (C=O) groups is 1. The molecule has 0 aromatic rings. The fourth-order valence-electron chi connectivity index (χ4n) is 2.67. The molecule has 1 unspecified atom stereocenters. The van der Waals surface area contributed by atoms with Crippen molar-refractivity contribution in [2.24, 2.45) is 16.6 Å². The second-order valence-corrected chi connectivity index (χ2v) is 5.74. The van der Waals surface area contributed by atoms with Crippen LogP contribution in [0.1, 0.15) is 40.0 Å². The summed E-state index contributed by atoms with van der Waals surface area (Å²) in [5.41, 5.74) is 8.76. The first-order chi connectivity index (χ1) is 10.9. The van der Waals surface area contributed by atoms with E-state index in [1.54, 1.807) is 19.2 Å². The van der Waals surface area contributed by atoms with E-state index in [1.807, 2.05) is 6.92 Å². The minimum absolute atomic E-state index is 0.00182. The number of rotatable bonds is 7. The van der Waals surface area contributed by atoms with Crippen molar-refractivity contribution in [2.45, 2.75) is 40.0 Å². The van der Waals surface area contributed by atoms with E-state index in [0.29, 0.717) is 17.2 Å². The lowest BCUT2D eigenvalue weighted by molar-refractivity contribution is -0.117. The van der Waals surface area contributed by atoms with Crippen LogP contribution < -0.4 is 16.4 Å². The van der Waals surface area contributed by atoms with Gasteiger partial charge in [-0.25, -0.2) is 4.99 Å². The Morgan fingerprint density at radius 2 is 2.22 bits per heavy atom. The summed E-state index contributed by atoms with van der Waals surface area (Å²) in [5, 5.41) is 5.72. The summed E-state index contributed by atoms with van der Waals surface area (Å²) in [4.78, 5) is 16.9. The smallest absolute Gasteiger partial charge is 0.251 e. The van der Waals surface area contributed by atoms with Crippen LogP contribution in [0.5, 0.6) is 0 Å². The summed E-state index contributed by atoms with van der Waals surface area (Å²) in [6.07, 6.45) is 8.24. The summed E-state index contributed by atoms with van der Waals surface area (Å²) < 4.78 is 0. The van der Waals surface area contributed by atoms with Gasteiger partial charge in [0.25, 0.3) is 5.91 Å². The molecule has 1 atom stereocenters. The van der Waals surface area contributed by atoms with Gasteiger partial charge in [0.05, 0.1) is 5.57 Å². The summed E-state index contributed by atoms with van der Waals surface area (Å²) >= 11 is 0. The molecule has 1 heterocycles. The van der Waals surface area contributed by atoms with Crippen molar-refractivity contribution in [1.29, 1.82) is 0 Å². The number of amides is 1. The quantitative estimate of drug-likeness (QED) is 0.499. The topological polar surface area (TPSA) is 79.5 Å². The molecule has 1 amide bonds. The van der Waals surface area contributed by atoms with Crippen LogP contribution in [-0.4, -0.2) is 18.7 Å². The van der Waals surface area contributed by atoms with Crippen LogP contribution >= 0.6 is 0 Å². The fourth-order valence-corrected chi connectivity index (χ4v) is 2.67. The second kappa shape index (κ2) is 8.98. The molecule has 0 aromatic heterocycles. The molecule has 0 saturated carbocycles. The highest BCUT2D eigenvalue weighted by atomic mass is 16.1. The van der Waals surface area contributed by atoms with Crippen molar-refractivity contribution in [2.75, 3.05) is 7.05 Å². The van der Waals surface area contributed by atoms with Crippen LogP contribution in [0.2, 0.25) is 0 Å². The number of nitrogens with one attached hydrogen (secondary N) is 2. The van der Waals surface area contributed by atoms with Gasteiger partial charge in [-0.1, -0.05) is 37.6 Å². The Labute approximate surface area is 139 Å². The van der Waals surface area contributed by atoms with E-state index in [4.69, 9.17) is 5.73 Å². The van der Waals surface area contributed by atoms with Crippen LogP contribution in [0.3, 0.4) is 0 Å². The van der Waals surface area contributed by atoms with Gasteiger partial charge >= 0.3 is 0 Å². The van der Waals surface area contributed by atoms with E-state index < -0.39 is 0 Å². The average molecular weight is 316 g/mol. The lowest BCUT2D eigenvalue weighted by Crippen LogP contribution is -2.33. The number of hydrogen-bond acceptors (Lipinski definition) is 4. The molecular weight excluding hydrogens is 288 g/mol. The van der Waals surface area contributed by atoms with E-state index in [0.717, 1.165) is 25.0 Å². The SMILES string of the molecule is C=C/C=C(\N)NC1=C(C(=O)NC)C(/C=C(\C)CCC)CC(C)=N1. The minimum atomic E-state index is -0.138. The molecular formula is C18H28N4O. The first-order valence-electron chi connectivity index (χ1n) is 7.95. The molecule has 0 radical (unpaired) electrons. The highest BCUT2D eigenvalue weighted by Gasteiger charge is 2.27. The van der Waals surface area contributed by atoms with Gasteiger partial charge in [0.1, 0.15) is 11.6 Å². The van der Waals surface area contributed by atoms with Crippen molar-refractivity contribution in [3.63, 3.8) is 0 Å². The molecule has 4 N–H and O–H groups in total. The Morgan fingerprint density at radius 1 is 1.52 bits per heavy atom. The van der Waals surface area contributed by atoms with Crippen LogP contribution in [0.15, 0.2) is 52.6 Å². The normalized spacial score (nSPS) is 19.3. The first-order valence-corrected chi connectivity index (χ1v) is 7.95. The average Bonchev–Trinajstić information content (AvgIpc) is 2.46. The molecule has 0 aliphatic carbocycles. The van der Waals surface area contributed by atoms with Crippen LogP contribution in [0.25, 0.3) is 0 Å². The number of nitrogens with two attached hydrogens (primary N) is 1. The van der Waals surface area contributed by atoms with Gasteiger partial charge in [-0.2, -0.15) is 0 Å². The molecule has 0 saturated heterocycles. The monoisotopic (exact) mass is 316 g/mol. The summed E-state index contributed by atoms with van der Waals surface area (Å²) in [7, 11) is 1.63. The summed E-state index contributed by atoms with van der Waals surface area (Å²) in [6, 6.07) is 0. The van der Waals surface area contributed by atoms with E-state index >= 15 is 0 Å². The van der Waals surface area contributed by atoms with Gasteiger partial charge in [-0.3, -0.25) is 4.79 Å². The third kappa shape index (κ3) is 5.43. The number of nitrogens with zero attached hydrogens (tertiary/aromatic N) is 1. The molecule has 0 spiro atoms. The van der Waals surface area contributed by atoms with Gasteiger partial charge in [0, 0.05) is 18.7 Å². The predicted molar refractivity (Wildman–Crippen MR) is 96.6 cm³/mol. The van der Waals surface area contributed by atoms with Gasteiger partial charge in [-0.05, 0) is 32.8 Å².